The largest absolute Gasteiger partial charge is 0.220 e. The second-order valence-electron chi connectivity index (χ2n) is 1.68. The molecule has 0 bridgehead atoms. The van der Waals surface area contributed by atoms with E-state index in [1.54, 1.807) is 24.3 Å². The highest BCUT2D eigenvalue weighted by molar-refractivity contribution is 6.30. The van der Waals surface area contributed by atoms with Gasteiger partial charge in [-0.05, 0) is 18.2 Å². The first-order valence-electron chi connectivity index (χ1n) is 2.66. The quantitative estimate of drug-likeness (QED) is 0.478. The lowest BCUT2D eigenvalue weighted by Gasteiger charge is -1.84. The summed E-state index contributed by atoms with van der Waals surface area (Å²) in [6.45, 7) is 0. The van der Waals surface area contributed by atoms with Crippen LogP contribution in [0.2, 0.25) is 5.02 Å². The van der Waals surface area contributed by atoms with E-state index in [0.29, 0.717) is 10.7 Å². The van der Waals surface area contributed by atoms with Crippen molar-refractivity contribution in [2.24, 2.45) is 5.11 Å². The van der Waals surface area contributed by atoms with E-state index >= 15 is 0 Å². The van der Waals surface area contributed by atoms with Crippen molar-refractivity contribution >= 4 is 17.3 Å². The molecule has 0 saturated carbocycles. The van der Waals surface area contributed by atoms with Crippen LogP contribution in [0.1, 0.15) is 0 Å². The molecule has 1 N–H and O–H groups in total. The average Bonchev–Trinajstić information content (AvgIpc) is 1.88. The molecule has 0 aliphatic heterocycles. The molecule has 1 rings (SSSR count). The van der Waals surface area contributed by atoms with Crippen molar-refractivity contribution < 1.29 is 0 Å². The molecule has 1 aromatic carbocycles. The fraction of sp³-hybridized carbons (Fsp3) is 0. The number of benzene rings is 1. The highest BCUT2D eigenvalue weighted by atomic mass is 35.5. The summed E-state index contributed by atoms with van der Waals surface area (Å²) in [4.78, 5) is 2.86. The van der Waals surface area contributed by atoms with Crippen LogP contribution in [0.25, 0.3) is 0 Å². The van der Waals surface area contributed by atoms with Crippen molar-refractivity contribution in [1.82, 2.24) is 4.91 Å². The van der Waals surface area contributed by atoms with Gasteiger partial charge in [-0.3, -0.25) is 0 Å². The fourth-order valence-electron chi connectivity index (χ4n) is 0.596. The van der Waals surface area contributed by atoms with Gasteiger partial charge in [0.2, 0.25) is 4.91 Å². The Morgan fingerprint density at radius 2 is 2.30 bits per heavy atom. The SMILES string of the molecule is N=[N+]=Nc1cccc(Cl)c1. The third-order valence-electron chi connectivity index (χ3n) is 0.974. The van der Waals surface area contributed by atoms with Crippen LogP contribution in [0.3, 0.4) is 0 Å². The lowest BCUT2D eigenvalue weighted by Crippen LogP contribution is -1.64. The van der Waals surface area contributed by atoms with Crippen molar-refractivity contribution in [2.75, 3.05) is 0 Å². The molecule has 1 aromatic rings. The van der Waals surface area contributed by atoms with E-state index < -0.39 is 0 Å². The monoisotopic (exact) mass is 154 g/mol. The molecule has 0 saturated heterocycles. The molecule has 0 heterocycles. The molecular formula is C6H5ClN3+. The zero-order chi connectivity index (χ0) is 7.40. The molecule has 3 nitrogen and oxygen atoms in total. The number of hydrogen-bond acceptors (Lipinski definition) is 2. The van der Waals surface area contributed by atoms with Gasteiger partial charge in [0, 0.05) is 5.02 Å². The van der Waals surface area contributed by atoms with Gasteiger partial charge in [0.05, 0.1) is 0 Å². The summed E-state index contributed by atoms with van der Waals surface area (Å²) in [5, 5.41) is 4.08. The topological polar surface area (TPSA) is 50.3 Å². The molecule has 0 radical (unpaired) electrons. The molecule has 10 heavy (non-hydrogen) atoms. The maximum absolute atomic E-state index is 6.43. The minimum absolute atomic E-state index is 0.600. The summed E-state index contributed by atoms with van der Waals surface area (Å²) in [6, 6.07) is 6.86. The molecule has 0 atom stereocenters. The highest BCUT2D eigenvalue weighted by Crippen LogP contribution is 2.16. The van der Waals surface area contributed by atoms with E-state index in [1.807, 2.05) is 0 Å². The van der Waals surface area contributed by atoms with E-state index in [1.165, 1.54) is 0 Å². The van der Waals surface area contributed by atoms with E-state index in [9.17, 15) is 0 Å². The molecule has 0 fully saturated rings. The second-order valence-corrected chi connectivity index (χ2v) is 2.12. The number of nitrogens with zero attached hydrogens (tertiary/aromatic N) is 2. The van der Waals surface area contributed by atoms with Crippen LogP contribution in [0.4, 0.5) is 5.69 Å². The highest BCUT2D eigenvalue weighted by Gasteiger charge is 1.93. The van der Waals surface area contributed by atoms with Gasteiger partial charge in [0.25, 0.3) is 0 Å². The Kier molecular flexibility index (Phi) is 2.15. The fourth-order valence-corrected chi connectivity index (χ4v) is 0.781. The van der Waals surface area contributed by atoms with Crippen LogP contribution in [-0.2, 0) is 0 Å². The maximum Gasteiger partial charge on any atom is 0.220 e. The number of halogens is 1. The van der Waals surface area contributed by atoms with Gasteiger partial charge in [-0.25, -0.2) is 0 Å². The normalized spacial score (nSPS) is 8.50. The molecule has 0 aliphatic carbocycles. The number of nitrogens with one attached hydrogen (secondary N) is 1. The predicted octanol–water partition coefficient (Wildman–Crippen LogP) is 2.52. The first-order valence-corrected chi connectivity index (χ1v) is 3.04. The van der Waals surface area contributed by atoms with Crippen LogP contribution in [-0.4, -0.2) is 0 Å². The van der Waals surface area contributed by atoms with Crippen LogP contribution in [0.5, 0.6) is 0 Å². The minimum Gasteiger partial charge on any atom is -0.0843 e. The number of hydrogen-bond donors (Lipinski definition) is 1. The van der Waals surface area contributed by atoms with Gasteiger partial charge in [0.15, 0.2) is 10.8 Å². The molecule has 0 unspecified atom stereocenters. The minimum atomic E-state index is 0.600. The summed E-state index contributed by atoms with van der Waals surface area (Å²) >= 11 is 5.62. The summed E-state index contributed by atoms with van der Waals surface area (Å²) < 4.78 is 0. The molecule has 4 heteroatoms. The van der Waals surface area contributed by atoms with Crippen molar-refractivity contribution in [3.8, 4) is 0 Å². The number of rotatable bonds is 1. The Balaban J connectivity index is 3.06. The Morgan fingerprint density at radius 1 is 1.50 bits per heavy atom. The summed E-state index contributed by atoms with van der Waals surface area (Å²) in [5.74, 6) is 0. The summed E-state index contributed by atoms with van der Waals surface area (Å²) in [5.41, 5.74) is 7.03. The van der Waals surface area contributed by atoms with Gasteiger partial charge in [-0.2, -0.15) is 0 Å². The third-order valence-corrected chi connectivity index (χ3v) is 1.21. The molecule has 50 valence electrons. The lowest BCUT2D eigenvalue weighted by atomic mass is 10.3. The third kappa shape index (κ3) is 1.65. The summed E-state index contributed by atoms with van der Waals surface area (Å²) in [6.07, 6.45) is 0. The van der Waals surface area contributed by atoms with Gasteiger partial charge in [-0.15, -0.1) is 0 Å². The van der Waals surface area contributed by atoms with E-state index in [-0.39, 0.29) is 0 Å². The van der Waals surface area contributed by atoms with Crippen molar-refractivity contribution in [2.45, 2.75) is 0 Å². The van der Waals surface area contributed by atoms with Gasteiger partial charge < -0.3 is 0 Å². The molecule has 0 amide bonds. The molecule has 0 aliphatic rings. The molecule has 0 spiro atoms. The van der Waals surface area contributed by atoms with Crippen molar-refractivity contribution in [3.63, 3.8) is 0 Å². The van der Waals surface area contributed by atoms with E-state index in [4.69, 9.17) is 17.1 Å². The Morgan fingerprint density at radius 3 is 2.90 bits per heavy atom. The Bertz CT molecular complexity index is 278. The molecular weight excluding hydrogens is 150 g/mol. The zero-order valence-corrected chi connectivity index (χ0v) is 5.84. The van der Waals surface area contributed by atoms with Crippen molar-refractivity contribution in [1.29, 1.82) is 5.53 Å². The van der Waals surface area contributed by atoms with Crippen LogP contribution in [0.15, 0.2) is 29.4 Å². The van der Waals surface area contributed by atoms with Crippen molar-refractivity contribution in [3.05, 3.63) is 29.3 Å². The second kappa shape index (κ2) is 3.11. The smallest absolute Gasteiger partial charge is 0.0843 e. The van der Waals surface area contributed by atoms with Crippen LogP contribution >= 0.6 is 11.6 Å². The van der Waals surface area contributed by atoms with Gasteiger partial charge in [-0.1, -0.05) is 17.7 Å². The summed E-state index contributed by atoms with van der Waals surface area (Å²) in [7, 11) is 0. The lowest BCUT2D eigenvalue weighted by molar-refractivity contribution is 0.992. The van der Waals surface area contributed by atoms with Gasteiger partial charge in [0.1, 0.15) is 5.53 Å². The van der Waals surface area contributed by atoms with E-state index in [0.717, 1.165) is 0 Å². The maximum atomic E-state index is 6.43. The molecule has 0 aromatic heterocycles. The standard InChI is InChI=1S/C6H5ClN3/c7-5-2-1-3-6(4-5)9-10-8/h1-4,8H/q+1. The Hall–Kier alpha value is -1.18. The predicted molar refractivity (Wildman–Crippen MR) is 38.4 cm³/mol. The van der Waals surface area contributed by atoms with E-state index in [2.05, 4.69) is 10.0 Å². The van der Waals surface area contributed by atoms with Crippen LogP contribution < -0.4 is 4.91 Å². The zero-order valence-electron chi connectivity index (χ0n) is 5.08. The van der Waals surface area contributed by atoms with Crippen LogP contribution in [0, 0.1) is 5.53 Å². The first kappa shape index (κ1) is 6.93. The Labute approximate surface area is 62.9 Å². The van der Waals surface area contributed by atoms with Gasteiger partial charge >= 0.3 is 0 Å². The average molecular weight is 155 g/mol. The first-order chi connectivity index (χ1) is 4.83.